The number of aryl methyl sites for hydroxylation is 1. The van der Waals surface area contributed by atoms with E-state index >= 15 is 0 Å². The van der Waals surface area contributed by atoms with Gasteiger partial charge in [-0.2, -0.15) is 0 Å². The largest absolute Gasteiger partial charge is 0.495 e. The minimum atomic E-state index is -2.02. The molecule has 4 N–H and O–H groups in total. The molecule has 0 aromatic heterocycles. The third-order valence-electron chi connectivity index (χ3n) is 2.66. The van der Waals surface area contributed by atoms with E-state index in [1.54, 1.807) is 12.1 Å². The van der Waals surface area contributed by atoms with Crippen LogP contribution < -0.4 is 15.4 Å². The Morgan fingerprint density at radius 2 is 2.05 bits per heavy atom. The van der Waals surface area contributed by atoms with Crippen LogP contribution in [0.25, 0.3) is 0 Å². The summed E-state index contributed by atoms with van der Waals surface area (Å²) in [6.45, 7) is 2.54. The first-order chi connectivity index (χ1) is 9.26. The second-order valence-corrected chi connectivity index (χ2v) is 4.59. The molecule has 0 bridgehead atoms. The SMILES string of the molecule is COc1ccc(C)cc1NC(=O)NCC(C)(O)C(=O)O. The van der Waals surface area contributed by atoms with E-state index in [4.69, 9.17) is 9.84 Å². The van der Waals surface area contributed by atoms with Crippen molar-refractivity contribution in [3.05, 3.63) is 23.8 Å². The fourth-order valence-corrected chi connectivity index (χ4v) is 1.41. The summed E-state index contributed by atoms with van der Waals surface area (Å²) in [7, 11) is 1.48. The van der Waals surface area contributed by atoms with Crippen LogP contribution in [-0.4, -0.2) is 41.5 Å². The molecule has 1 unspecified atom stereocenters. The highest BCUT2D eigenvalue weighted by atomic mass is 16.5. The molecule has 1 aromatic carbocycles. The number of ether oxygens (including phenoxy) is 1. The number of hydrogen-bond acceptors (Lipinski definition) is 4. The average Bonchev–Trinajstić information content (AvgIpc) is 2.36. The summed E-state index contributed by atoms with van der Waals surface area (Å²) in [6, 6.07) is 4.62. The summed E-state index contributed by atoms with van der Waals surface area (Å²) >= 11 is 0. The van der Waals surface area contributed by atoms with Gasteiger partial charge in [0.2, 0.25) is 0 Å². The molecule has 7 heteroatoms. The molecule has 0 aliphatic carbocycles. The molecule has 0 radical (unpaired) electrons. The van der Waals surface area contributed by atoms with Crippen molar-refractivity contribution in [1.82, 2.24) is 5.32 Å². The first-order valence-electron chi connectivity index (χ1n) is 5.91. The second-order valence-electron chi connectivity index (χ2n) is 4.59. The monoisotopic (exact) mass is 282 g/mol. The number of nitrogens with one attached hydrogen (secondary N) is 2. The zero-order valence-corrected chi connectivity index (χ0v) is 11.6. The third-order valence-corrected chi connectivity index (χ3v) is 2.66. The molecule has 1 rings (SSSR count). The van der Waals surface area contributed by atoms with Crippen molar-refractivity contribution >= 4 is 17.7 Å². The highest BCUT2D eigenvalue weighted by Gasteiger charge is 2.30. The Hall–Kier alpha value is -2.28. The van der Waals surface area contributed by atoms with Gasteiger partial charge in [-0.25, -0.2) is 9.59 Å². The van der Waals surface area contributed by atoms with Crippen molar-refractivity contribution in [3.63, 3.8) is 0 Å². The summed E-state index contributed by atoms with van der Waals surface area (Å²) in [5, 5.41) is 23.0. The van der Waals surface area contributed by atoms with Gasteiger partial charge < -0.3 is 25.6 Å². The number of carbonyl (C=O) groups is 2. The van der Waals surface area contributed by atoms with Crippen LogP contribution in [0.15, 0.2) is 18.2 Å². The minimum Gasteiger partial charge on any atom is -0.495 e. The molecular weight excluding hydrogens is 264 g/mol. The molecule has 0 heterocycles. The van der Waals surface area contributed by atoms with Gasteiger partial charge in [0.1, 0.15) is 5.75 Å². The molecule has 0 aliphatic heterocycles. The summed E-state index contributed by atoms with van der Waals surface area (Å²) in [4.78, 5) is 22.4. The molecule has 0 spiro atoms. The number of urea groups is 1. The molecular formula is C13H18N2O5. The van der Waals surface area contributed by atoms with E-state index in [0.29, 0.717) is 11.4 Å². The first kappa shape index (κ1) is 15.8. The molecule has 0 fully saturated rings. The fourth-order valence-electron chi connectivity index (χ4n) is 1.41. The number of carboxylic acids is 1. The van der Waals surface area contributed by atoms with Crippen LogP contribution in [0.2, 0.25) is 0 Å². The fraction of sp³-hybridized carbons (Fsp3) is 0.385. The van der Waals surface area contributed by atoms with Gasteiger partial charge in [0, 0.05) is 0 Å². The van der Waals surface area contributed by atoms with E-state index in [2.05, 4.69) is 10.6 Å². The number of aliphatic carboxylic acids is 1. The van der Waals surface area contributed by atoms with E-state index in [9.17, 15) is 14.7 Å². The Kier molecular flexibility index (Phi) is 4.93. The third kappa shape index (κ3) is 4.13. The van der Waals surface area contributed by atoms with Gasteiger partial charge in [-0.3, -0.25) is 0 Å². The van der Waals surface area contributed by atoms with Crippen LogP contribution in [0.5, 0.6) is 5.75 Å². The molecule has 2 amide bonds. The summed E-state index contributed by atoms with van der Waals surface area (Å²) in [5.41, 5.74) is -0.632. The second kappa shape index (κ2) is 6.25. The lowest BCUT2D eigenvalue weighted by Gasteiger charge is -2.19. The Morgan fingerprint density at radius 1 is 1.40 bits per heavy atom. The van der Waals surface area contributed by atoms with E-state index in [1.165, 1.54) is 7.11 Å². The number of rotatable bonds is 5. The number of amides is 2. The van der Waals surface area contributed by atoms with E-state index < -0.39 is 24.1 Å². The average molecular weight is 282 g/mol. The van der Waals surface area contributed by atoms with Crippen molar-refractivity contribution in [2.24, 2.45) is 0 Å². The number of anilines is 1. The summed E-state index contributed by atoms with van der Waals surface area (Å²) < 4.78 is 5.10. The number of aliphatic hydroxyl groups is 1. The van der Waals surface area contributed by atoms with Crippen LogP contribution in [0.3, 0.4) is 0 Å². The Labute approximate surface area is 116 Å². The maximum absolute atomic E-state index is 11.7. The maximum Gasteiger partial charge on any atom is 0.337 e. The lowest BCUT2D eigenvalue weighted by molar-refractivity contribution is -0.155. The van der Waals surface area contributed by atoms with Gasteiger partial charge in [-0.1, -0.05) is 6.07 Å². The van der Waals surface area contributed by atoms with E-state index in [0.717, 1.165) is 12.5 Å². The van der Waals surface area contributed by atoms with Crippen molar-refractivity contribution in [2.45, 2.75) is 19.4 Å². The quantitative estimate of drug-likeness (QED) is 0.643. The Morgan fingerprint density at radius 3 is 2.60 bits per heavy atom. The first-order valence-corrected chi connectivity index (χ1v) is 5.91. The van der Waals surface area contributed by atoms with E-state index in [1.807, 2.05) is 13.0 Å². The van der Waals surface area contributed by atoms with Crippen molar-refractivity contribution in [2.75, 3.05) is 19.0 Å². The number of benzene rings is 1. The molecule has 7 nitrogen and oxygen atoms in total. The Balaban J connectivity index is 2.68. The van der Waals surface area contributed by atoms with Gasteiger partial charge in [0.05, 0.1) is 19.3 Å². The van der Waals surface area contributed by atoms with Gasteiger partial charge in [0.15, 0.2) is 5.60 Å². The van der Waals surface area contributed by atoms with Crippen LogP contribution in [0, 0.1) is 6.92 Å². The van der Waals surface area contributed by atoms with Crippen molar-refractivity contribution < 1.29 is 24.5 Å². The van der Waals surface area contributed by atoms with E-state index in [-0.39, 0.29) is 0 Å². The molecule has 0 saturated carbocycles. The summed E-state index contributed by atoms with van der Waals surface area (Å²) in [5.74, 6) is -0.929. The lowest BCUT2D eigenvalue weighted by Crippen LogP contribution is -2.47. The van der Waals surface area contributed by atoms with Gasteiger partial charge in [-0.15, -0.1) is 0 Å². The number of carboxylic acid groups (broad SMARTS) is 1. The van der Waals surface area contributed by atoms with Gasteiger partial charge >= 0.3 is 12.0 Å². The topological polar surface area (TPSA) is 108 Å². The molecule has 110 valence electrons. The van der Waals surface area contributed by atoms with Crippen LogP contribution in [0.4, 0.5) is 10.5 Å². The van der Waals surface area contributed by atoms with Gasteiger partial charge in [0.25, 0.3) is 0 Å². The standard InChI is InChI=1S/C13H18N2O5/c1-8-4-5-10(20-3)9(6-8)15-12(18)14-7-13(2,19)11(16)17/h4-6,19H,7H2,1-3H3,(H,16,17)(H2,14,15,18). The number of hydrogen-bond donors (Lipinski definition) is 4. The normalized spacial score (nSPS) is 13.2. The summed E-state index contributed by atoms with van der Waals surface area (Å²) in [6.07, 6.45) is 0. The number of methoxy groups -OCH3 is 1. The van der Waals surface area contributed by atoms with Crippen LogP contribution in [-0.2, 0) is 4.79 Å². The molecule has 1 atom stereocenters. The highest BCUT2D eigenvalue weighted by Crippen LogP contribution is 2.24. The molecule has 20 heavy (non-hydrogen) atoms. The van der Waals surface area contributed by atoms with Crippen LogP contribution >= 0.6 is 0 Å². The van der Waals surface area contributed by atoms with Crippen molar-refractivity contribution in [3.8, 4) is 5.75 Å². The Bertz CT molecular complexity index is 513. The van der Waals surface area contributed by atoms with Gasteiger partial charge in [-0.05, 0) is 31.5 Å². The van der Waals surface area contributed by atoms with Crippen LogP contribution in [0.1, 0.15) is 12.5 Å². The minimum absolute atomic E-state index is 0.414. The molecule has 0 saturated heterocycles. The predicted octanol–water partition coefficient (Wildman–Crippen LogP) is 0.961. The zero-order valence-electron chi connectivity index (χ0n) is 11.6. The molecule has 0 aliphatic rings. The maximum atomic E-state index is 11.7. The molecule has 1 aromatic rings. The zero-order chi connectivity index (χ0) is 15.3. The predicted molar refractivity (Wildman–Crippen MR) is 73.0 cm³/mol. The lowest BCUT2D eigenvalue weighted by atomic mass is 10.1. The van der Waals surface area contributed by atoms with Crippen molar-refractivity contribution in [1.29, 1.82) is 0 Å². The number of carbonyl (C=O) groups excluding carboxylic acids is 1. The smallest absolute Gasteiger partial charge is 0.337 e. The highest BCUT2D eigenvalue weighted by molar-refractivity contribution is 5.91.